The first kappa shape index (κ1) is 17.4. The van der Waals surface area contributed by atoms with Gasteiger partial charge in [0.1, 0.15) is 0 Å². The molecule has 24 heavy (non-hydrogen) atoms. The number of nitrogens with zero attached hydrogens (tertiary/aromatic N) is 2. The van der Waals surface area contributed by atoms with Crippen LogP contribution in [0, 0.1) is 5.92 Å². The van der Waals surface area contributed by atoms with Gasteiger partial charge in [0.15, 0.2) is 0 Å². The van der Waals surface area contributed by atoms with Gasteiger partial charge in [0.25, 0.3) is 0 Å². The molecule has 0 radical (unpaired) electrons. The van der Waals surface area contributed by atoms with Gasteiger partial charge in [-0.25, -0.2) is 8.42 Å². The zero-order valence-electron chi connectivity index (χ0n) is 14.3. The fourth-order valence-corrected chi connectivity index (χ4v) is 5.65. The maximum atomic E-state index is 12.8. The molecule has 1 aromatic rings. The van der Waals surface area contributed by atoms with Crippen molar-refractivity contribution in [3.63, 3.8) is 0 Å². The molecule has 0 aromatic heterocycles. The summed E-state index contributed by atoms with van der Waals surface area (Å²) in [7, 11) is -1.81. The molecule has 6 nitrogen and oxygen atoms in total. The van der Waals surface area contributed by atoms with E-state index in [-0.39, 0.29) is 30.0 Å². The van der Waals surface area contributed by atoms with E-state index in [2.05, 4.69) is 24.1 Å². The number of benzene rings is 1. The average Bonchev–Trinajstić information content (AvgIpc) is 3.12. The van der Waals surface area contributed by atoms with Gasteiger partial charge >= 0.3 is 0 Å². The minimum atomic E-state index is -3.47. The second-order valence-corrected chi connectivity index (χ2v) is 8.81. The Morgan fingerprint density at radius 2 is 1.88 bits per heavy atom. The van der Waals surface area contributed by atoms with E-state index in [1.807, 2.05) is 6.07 Å². The summed E-state index contributed by atoms with van der Waals surface area (Å²) >= 11 is 0. The Balaban J connectivity index is 1.83. The fraction of sp³-hybridized carbons (Fsp3) is 0.588. The molecule has 0 saturated carbocycles. The van der Waals surface area contributed by atoms with Crippen molar-refractivity contribution in [3.05, 3.63) is 30.3 Å². The quantitative estimate of drug-likeness (QED) is 0.875. The zero-order valence-corrected chi connectivity index (χ0v) is 15.2. The molecule has 2 heterocycles. The molecular formula is C17H25N3O3S. The molecule has 2 aliphatic heterocycles. The molecule has 0 unspecified atom stereocenters. The SMILES string of the molecule is CNC(=O)[C@@H]1C[C@H]2CN(S(=O)(=O)c3ccccc3)C[C@H]2N1C(C)C. The van der Waals surface area contributed by atoms with Gasteiger partial charge in [0.05, 0.1) is 10.9 Å². The fourth-order valence-electron chi connectivity index (χ4n) is 4.11. The molecule has 0 spiro atoms. The highest BCUT2D eigenvalue weighted by Crippen LogP contribution is 2.39. The van der Waals surface area contributed by atoms with Gasteiger partial charge in [0, 0.05) is 32.2 Å². The van der Waals surface area contributed by atoms with Gasteiger partial charge in [-0.15, -0.1) is 0 Å². The normalized spacial score (nSPS) is 28.2. The minimum Gasteiger partial charge on any atom is -0.358 e. The van der Waals surface area contributed by atoms with Crippen molar-refractivity contribution in [3.8, 4) is 0 Å². The predicted molar refractivity (Wildman–Crippen MR) is 91.9 cm³/mol. The van der Waals surface area contributed by atoms with Crippen LogP contribution in [-0.4, -0.2) is 61.8 Å². The molecule has 1 amide bonds. The van der Waals surface area contributed by atoms with Crippen LogP contribution in [-0.2, 0) is 14.8 Å². The van der Waals surface area contributed by atoms with Crippen LogP contribution in [0.2, 0.25) is 0 Å². The van der Waals surface area contributed by atoms with Crippen molar-refractivity contribution in [1.82, 2.24) is 14.5 Å². The Morgan fingerprint density at radius 1 is 1.21 bits per heavy atom. The van der Waals surface area contributed by atoms with Gasteiger partial charge in [-0.3, -0.25) is 9.69 Å². The standard InChI is InChI=1S/C17H25N3O3S/c1-12(2)20-15(17(21)18-3)9-13-10-19(11-16(13)20)24(22,23)14-7-5-4-6-8-14/h4-8,12-13,15-16H,9-11H2,1-3H3,(H,18,21)/t13-,15-,16+/m0/s1. The Morgan fingerprint density at radius 3 is 2.46 bits per heavy atom. The van der Waals surface area contributed by atoms with Gasteiger partial charge in [-0.1, -0.05) is 18.2 Å². The van der Waals surface area contributed by atoms with Crippen LogP contribution < -0.4 is 5.32 Å². The Kier molecular flexibility index (Phi) is 4.68. The summed E-state index contributed by atoms with van der Waals surface area (Å²) < 4.78 is 27.3. The van der Waals surface area contributed by atoms with E-state index >= 15 is 0 Å². The summed E-state index contributed by atoms with van der Waals surface area (Å²) in [5.41, 5.74) is 0. The Bertz CT molecular complexity index is 705. The molecule has 2 saturated heterocycles. The van der Waals surface area contributed by atoms with E-state index in [0.717, 1.165) is 0 Å². The van der Waals surface area contributed by atoms with Gasteiger partial charge in [-0.05, 0) is 38.3 Å². The van der Waals surface area contributed by atoms with E-state index in [0.29, 0.717) is 24.4 Å². The summed E-state index contributed by atoms with van der Waals surface area (Å²) in [5.74, 6) is 0.226. The van der Waals surface area contributed by atoms with Gasteiger partial charge in [-0.2, -0.15) is 4.31 Å². The smallest absolute Gasteiger partial charge is 0.243 e. The molecule has 2 aliphatic rings. The first-order valence-corrected chi connectivity index (χ1v) is 9.84. The second-order valence-electron chi connectivity index (χ2n) is 6.87. The van der Waals surface area contributed by atoms with Crippen LogP contribution >= 0.6 is 0 Å². The molecule has 1 aromatic carbocycles. The maximum absolute atomic E-state index is 12.8. The molecule has 0 aliphatic carbocycles. The number of carbonyl (C=O) groups excluding carboxylic acids is 1. The van der Waals surface area contributed by atoms with E-state index in [1.54, 1.807) is 35.6 Å². The zero-order chi connectivity index (χ0) is 17.5. The molecular weight excluding hydrogens is 326 g/mol. The minimum absolute atomic E-state index is 0.0237. The van der Waals surface area contributed by atoms with E-state index in [1.165, 1.54) is 0 Å². The number of hydrogen-bond acceptors (Lipinski definition) is 4. The first-order valence-electron chi connectivity index (χ1n) is 8.40. The van der Waals surface area contributed by atoms with Crippen LogP contribution in [0.3, 0.4) is 0 Å². The molecule has 7 heteroatoms. The Hall–Kier alpha value is -1.44. The molecule has 1 N–H and O–H groups in total. The first-order chi connectivity index (χ1) is 11.4. The number of fused-ring (bicyclic) bond motifs is 1. The average molecular weight is 351 g/mol. The summed E-state index contributed by atoms with van der Waals surface area (Å²) in [6.07, 6.45) is 0.712. The number of amides is 1. The number of carbonyl (C=O) groups is 1. The number of sulfonamides is 1. The third-order valence-electron chi connectivity index (χ3n) is 5.17. The van der Waals surface area contributed by atoms with E-state index in [4.69, 9.17) is 0 Å². The van der Waals surface area contributed by atoms with Crippen LogP contribution in [0.4, 0.5) is 0 Å². The number of likely N-dealkylation sites (tertiary alicyclic amines) is 1. The number of nitrogens with one attached hydrogen (secondary N) is 1. The lowest BCUT2D eigenvalue weighted by molar-refractivity contribution is -0.126. The highest BCUT2D eigenvalue weighted by atomic mass is 32.2. The second kappa shape index (κ2) is 6.46. The third kappa shape index (κ3) is 2.85. The third-order valence-corrected chi connectivity index (χ3v) is 7.01. The van der Waals surface area contributed by atoms with Crippen molar-refractivity contribution < 1.29 is 13.2 Å². The topological polar surface area (TPSA) is 69.7 Å². The van der Waals surface area contributed by atoms with Crippen LogP contribution in [0.1, 0.15) is 20.3 Å². The molecule has 2 fully saturated rings. The van der Waals surface area contributed by atoms with Gasteiger partial charge in [0.2, 0.25) is 15.9 Å². The summed E-state index contributed by atoms with van der Waals surface area (Å²) in [6.45, 7) is 5.06. The molecule has 132 valence electrons. The summed E-state index contributed by atoms with van der Waals surface area (Å²) in [6, 6.07) is 8.71. The monoisotopic (exact) mass is 351 g/mol. The van der Waals surface area contributed by atoms with Crippen LogP contribution in [0.15, 0.2) is 35.2 Å². The molecule has 0 bridgehead atoms. The largest absolute Gasteiger partial charge is 0.358 e. The summed E-state index contributed by atoms with van der Waals surface area (Å²) in [4.78, 5) is 14.7. The predicted octanol–water partition coefficient (Wildman–Crippen LogP) is 0.904. The van der Waals surface area contributed by atoms with Crippen molar-refractivity contribution >= 4 is 15.9 Å². The lowest BCUT2D eigenvalue weighted by atomic mass is 10.0. The number of rotatable bonds is 4. The lowest BCUT2D eigenvalue weighted by Gasteiger charge is -2.32. The lowest BCUT2D eigenvalue weighted by Crippen LogP contribution is -2.50. The van der Waals surface area contributed by atoms with Crippen LogP contribution in [0.25, 0.3) is 0 Å². The highest BCUT2D eigenvalue weighted by molar-refractivity contribution is 7.89. The molecule has 3 rings (SSSR count). The number of hydrogen-bond donors (Lipinski definition) is 1. The number of likely N-dealkylation sites (N-methyl/N-ethyl adjacent to an activating group) is 1. The Labute approximate surface area is 143 Å². The summed E-state index contributed by atoms with van der Waals surface area (Å²) in [5, 5.41) is 2.74. The highest BCUT2D eigenvalue weighted by Gasteiger charge is 2.51. The van der Waals surface area contributed by atoms with E-state index in [9.17, 15) is 13.2 Å². The maximum Gasteiger partial charge on any atom is 0.243 e. The van der Waals surface area contributed by atoms with Gasteiger partial charge < -0.3 is 5.32 Å². The van der Waals surface area contributed by atoms with E-state index < -0.39 is 10.0 Å². The van der Waals surface area contributed by atoms with Crippen molar-refractivity contribution in [1.29, 1.82) is 0 Å². The van der Waals surface area contributed by atoms with Crippen molar-refractivity contribution in [2.75, 3.05) is 20.1 Å². The van der Waals surface area contributed by atoms with Crippen molar-refractivity contribution in [2.45, 2.75) is 43.3 Å². The van der Waals surface area contributed by atoms with Crippen LogP contribution in [0.5, 0.6) is 0 Å². The van der Waals surface area contributed by atoms with Crippen molar-refractivity contribution in [2.24, 2.45) is 5.92 Å². The molecule has 3 atom stereocenters.